The lowest BCUT2D eigenvalue weighted by atomic mass is 9.87. The summed E-state index contributed by atoms with van der Waals surface area (Å²) in [5, 5.41) is 27.8. The van der Waals surface area contributed by atoms with Crippen molar-refractivity contribution in [3.05, 3.63) is 23.3 Å². The van der Waals surface area contributed by atoms with Gasteiger partial charge in [-0.2, -0.15) is 0 Å². The number of hydrogen-bond acceptors (Lipinski definition) is 5. The van der Waals surface area contributed by atoms with Gasteiger partial charge in [0.15, 0.2) is 11.6 Å². The molecule has 0 amide bonds. The van der Waals surface area contributed by atoms with Crippen molar-refractivity contribution in [1.29, 1.82) is 0 Å². The Bertz CT molecular complexity index is 463. The van der Waals surface area contributed by atoms with Crippen LogP contribution in [-0.2, 0) is 0 Å². The molecule has 0 aromatic heterocycles. The maximum absolute atomic E-state index is 11.4. The number of aliphatic hydroxyl groups is 1. The van der Waals surface area contributed by atoms with Crippen molar-refractivity contribution in [2.24, 2.45) is 0 Å². The first kappa shape index (κ1) is 9.67. The molecule has 0 spiro atoms. The van der Waals surface area contributed by atoms with Gasteiger partial charge in [0, 0.05) is 18.1 Å². The summed E-state index contributed by atoms with van der Waals surface area (Å²) in [6.07, 6.45) is -1.71. The fourth-order valence-electron chi connectivity index (χ4n) is 1.65. The normalized spacial score (nSPS) is 20.2. The lowest BCUT2D eigenvalue weighted by Gasteiger charge is -2.19. The van der Waals surface area contributed by atoms with Crippen LogP contribution in [0.25, 0.3) is 0 Å². The maximum atomic E-state index is 11.4. The second-order valence-electron chi connectivity index (χ2n) is 3.39. The summed E-state index contributed by atoms with van der Waals surface area (Å²) in [5.74, 6) is -1.91. The van der Waals surface area contributed by atoms with Crippen molar-refractivity contribution in [1.82, 2.24) is 0 Å². The highest BCUT2D eigenvalue weighted by Gasteiger charge is 2.33. The fourth-order valence-corrected chi connectivity index (χ4v) is 1.65. The lowest BCUT2D eigenvalue weighted by Crippen LogP contribution is -2.31. The molecule has 0 aliphatic heterocycles. The first-order valence-electron chi connectivity index (χ1n) is 4.32. The Morgan fingerprint density at radius 1 is 1.20 bits per heavy atom. The van der Waals surface area contributed by atoms with E-state index in [2.05, 4.69) is 0 Å². The molecule has 2 rings (SSSR count). The number of hydrogen-bond donors (Lipinski definition) is 3. The number of benzene rings is 1. The molecule has 1 aromatic rings. The van der Waals surface area contributed by atoms with Gasteiger partial charge in [0.25, 0.3) is 0 Å². The van der Waals surface area contributed by atoms with Gasteiger partial charge in [0.1, 0.15) is 17.6 Å². The van der Waals surface area contributed by atoms with Gasteiger partial charge in [-0.15, -0.1) is 0 Å². The van der Waals surface area contributed by atoms with Crippen molar-refractivity contribution >= 4 is 11.6 Å². The molecule has 5 nitrogen and oxygen atoms in total. The molecule has 0 radical (unpaired) electrons. The Hall–Kier alpha value is -1.88. The highest BCUT2D eigenvalue weighted by molar-refractivity contribution is 6.17. The molecule has 1 aliphatic carbocycles. The molecule has 0 heterocycles. The Labute approximate surface area is 84.6 Å². The van der Waals surface area contributed by atoms with E-state index < -0.39 is 23.4 Å². The number of phenolic OH excluding ortho intramolecular Hbond substituents is 2. The van der Waals surface area contributed by atoms with E-state index in [9.17, 15) is 19.8 Å². The minimum atomic E-state index is -1.38. The molecule has 1 aliphatic rings. The smallest absolute Gasteiger partial charge is 0.192 e. The van der Waals surface area contributed by atoms with Crippen molar-refractivity contribution < 1.29 is 24.9 Å². The number of Topliss-reactive ketones (excluding diaryl/α,β-unsaturated/α-hetero) is 2. The van der Waals surface area contributed by atoms with E-state index in [4.69, 9.17) is 5.11 Å². The zero-order valence-corrected chi connectivity index (χ0v) is 7.60. The van der Waals surface area contributed by atoms with Crippen LogP contribution in [0.5, 0.6) is 11.5 Å². The summed E-state index contributed by atoms with van der Waals surface area (Å²) in [6.45, 7) is 0. The lowest BCUT2D eigenvalue weighted by molar-refractivity contribution is 0.0650. The largest absolute Gasteiger partial charge is 0.508 e. The van der Waals surface area contributed by atoms with Crippen LogP contribution in [0.1, 0.15) is 27.1 Å². The fraction of sp³-hybridized carbons (Fsp3) is 0.200. The van der Waals surface area contributed by atoms with Crippen LogP contribution in [0.15, 0.2) is 12.1 Å². The molecular formula is C10H8O5. The molecule has 1 atom stereocenters. The third-order valence-corrected chi connectivity index (χ3v) is 2.33. The molecule has 0 saturated carbocycles. The Morgan fingerprint density at radius 3 is 2.53 bits per heavy atom. The van der Waals surface area contributed by atoms with Crippen LogP contribution in [0, 0.1) is 0 Å². The van der Waals surface area contributed by atoms with Crippen LogP contribution >= 0.6 is 0 Å². The number of rotatable bonds is 0. The zero-order valence-electron chi connectivity index (χ0n) is 7.60. The van der Waals surface area contributed by atoms with Gasteiger partial charge in [0.05, 0.1) is 5.56 Å². The predicted octanol–water partition coefficient (Wildman–Crippen LogP) is 0.228. The van der Waals surface area contributed by atoms with Crippen LogP contribution in [0.3, 0.4) is 0 Å². The Balaban J connectivity index is 2.71. The van der Waals surface area contributed by atoms with Gasteiger partial charge in [0.2, 0.25) is 0 Å². The van der Waals surface area contributed by atoms with E-state index in [0.29, 0.717) is 0 Å². The summed E-state index contributed by atoms with van der Waals surface area (Å²) in [7, 11) is 0. The third-order valence-electron chi connectivity index (χ3n) is 2.33. The van der Waals surface area contributed by atoms with E-state index in [-0.39, 0.29) is 23.3 Å². The number of ketones is 2. The van der Waals surface area contributed by atoms with Gasteiger partial charge in [-0.1, -0.05) is 0 Å². The summed E-state index contributed by atoms with van der Waals surface area (Å²) in [5.41, 5.74) is -0.251. The first-order valence-corrected chi connectivity index (χ1v) is 4.32. The van der Waals surface area contributed by atoms with Crippen molar-refractivity contribution in [2.45, 2.75) is 12.5 Å². The summed E-state index contributed by atoms with van der Waals surface area (Å²) >= 11 is 0. The van der Waals surface area contributed by atoms with Crippen molar-refractivity contribution in [3.8, 4) is 11.5 Å². The highest BCUT2D eigenvalue weighted by atomic mass is 16.3. The van der Waals surface area contributed by atoms with Crippen molar-refractivity contribution in [2.75, 3.05) is 0 Å². The first-order chi connectivity index (χ1) is 7.00. The van der Waals surface area contributed by atoms with Crippen LogP contribution in [0.2, 0.25) is 0 Å². The van der Waals surface area contributed by atoms with E-state index in [1.54, 1.807) is 0 Å². The molecule has 0 saturated heterocycles. The highest BCUT2D eigenvalue weighted by Crippen LogP contribution is 2.32. The monoisotopic (exact) mass is 208 g/mol. The van der Waals surface area contributed by atoms with E-state index in [0.717, 1.165) is 12.1 Å². The molecule has 0 bridgehead atoms. The number of carbonyl (C=O) groups is 2. The molecule has 1 aromatic carbocycles. The molecule has 15 heavy (non-hydrogen) atoms. The van der Waals surface area contributed by atoms with E-state index in [1.807, 2.05) is 0 Å². The SMILES string of the molecule is O=C1CC(O)C(=O)c2cc(O)cc(O)c21. The van der Waals surface area contributed by atoms with E-state index in [1.165, 1.54) is 0 Å². The molecule has 5 heteroatoms. The van der Waals surface area contributed by atoms with Gasteiger partial charge >= 0.3 is 0 Å². The van der Waals surface area contributed by atoms with Crippen molar-refractivity contribution in [3.63, 3.8) is 0 Å². The van der Waals surface area contributed by atoms with Crippen LogP contribution in [0.4, 0.5) is 0 Å². The molecule has 1 unspecified atom stereocenters. The van der Waals surface area contributed by atoms with Crippen LogP contribution < -0.4 is 0 Å². The van der Waals surface area contributed by atoms with Crippen LogP contribution in [-0.4, -0.2) is 33.0 Å². The number of carbonyl (C=O) groups excluding carboxylic acids is 2. The number of aliphatic hydroxyl groups excluding tert-OH is 1. The maximum Gasteiger partial charge on any atom is 0.192 e. The van der Waals surface area contributed by atoms with Gasteiger partial charge < -0.3 is 15.3 Å². The second-order valence-corrected chi connectivity index (χ2v) is 3.39. The third kappa shape index (κ3) is 1.37. The quantitative estimate of drug-likeness (QED) is 0.567. The Kier molecular flexibility index (Phi) is 1.97. The van der Waals surface area contributed by atoms with Gasteiger partial charge in [-0.05, 0) is 6.07 Å². The standard InChI is InChI=1S/C10H8O5/c11-4-1-5-9(6(12)2-4)7(13)3-8(14)10(5)15/h1-2,8,11-12,14H,3H2. The Morgan fingerprint density at radius 2 is 1.87 bits per heavy atom. The average molecular weight is 208 g/mol. The predicted molar refractivity (Wildman–Crippen MR) is 49.1 cm³/mol. The minimum Gasteiger partial charge on any atom is -0.508 e. The van der Waals surface area contributed by atoms with Gasteiger partial charge in [-0.3, -0.25) is 9.59 Å². The zero-order chi connectivity index (χ0) is 11.2. The topological polar surface area (TPSA) is 94.8 Å². The number of phenols is 2. The number of aromatic hydroxyl groups is 2. The molecule has 3 N–H and O–H groups in total. The van der Waals surface area contributed by atoms with Gasteiger partial charge in [-0.25, -0.2) is 0 Å². The summed E-state index contributed by atoms with van der Waals surface area (Å²) < 4.78 is 0. The molecule has 0 fully saturated rings. The second kappa shape index (κ2) is 3.06. The molecular weight excluding hydrogens is 200 g/mol. The van der Waals surface area contributed by atoms with E-state index >= 15 is 0 Å². The summed E-state index contributed by atoms with van der Waals surface area (Å²) in [4.78, 5) is 22.9. The number of fused-ring (bicyclic) bond motifs is 1. The average Bonchev–Trinajstić information content (AvgIpc) is 2.12. The molecule has 78 valence electrons. The minimum absolute atomic E-state index is 0.122. The summed E-state index contributed by atoms with van der Waals surface area (Å²) in [6, 6.07) is 2.05.